The fourth-order valence-corrected chi connectivity index (χ4v) is 21.9. The van der Waals surface area contributed by atoms with Crippen molar-refractivity contribution in [3.05, 3.63) is 362 Å². The lowest BCUT2D eigenvalue weighted by atomic mass is 10.2. The maximum atomic E-state index is 5.51. The predicted octanol–water partition coefficient (Wildman–Crippen LogP) is 19.7. The third-order valence-corrected chi connectivity index (χ3v) is 27.6. The van der Waals surface area contributed by atoms with E-state index < -0.39 is 0 Å². The lowest BCUT2D eigenvalue weighted by Crippen LogP contribution is -2.36. The first-order valence-corrected chi connectivity index (χ1v) is 43.1. The van der Waals surface area contributed by atoms with E-state index in [0.717, 1.165) is 131 Å². The lowest BCUT2D eigenvalue weighted by molar-refractivity contribution is 0.0338. The lowest BCUT2D eigenvalue weighted by Gasteiger charge is -2.27. The molecule has 0 amide bonds. The van der Waals surface area contributed by atoms with E-state index in [1.165, 1.54) is 81.0 Å². The first-order chi connectivity index (χ1) is 53.9. The largest absolute Gasteiger partial charge is 0.383 e. The van der Waals surface area contributed by atoms with Crippen molar-refractivity contribution >= 4 is 43.6 Å². The molecule has 0 spiro atoms. The fraction of sp³-hybridized carbons (Fsp3) is 0.250. The third kappa shape index (κ3) is 25.9. The Hall–Kier alpha value is -8.32. The number of ether oxygens (including phenoxy) is 5. The molecule has 0 bridgehead atoms. The smallest absolute Gasteiger partial charge is 0.171 e. The van der Waals surface area contributed by atoms with Crippen LogP contribution in [0.2, 0.25) is 0 Å². The Bertz CT molecular complexity index is 4260. The summed E-state index contributed by atoms with van der Waals surface area (Å²) in [4.78, 5) is 26.2. The summed E-state index contributed by atoms with van der Waals surface area (Å²) in [5.41, 5.74) is 5.48. The van der Waals surface area contributed by atoms with Crippen LogP contribution in [0.25, 0.3) is 0 Å². The molecule has 2 aliphatic heterocycles. The summed E-state index contributed by atoms with van der Waals surface area (Å²) in [6, 6.07) is 123. The van der Waals surface area contributed by atoms with Gasteiger partial charge < -0.3 is 23.7 Å². The van der Waals surface area contributed by atoms with Crippen molar-refractivity contribution in [1.82, 2.24) is 19.6 Å². The predicted molar refractivity (Wildman–Crippen MR) is 455 cm³/mol. The Kier molecular flexibility index (Phi) is 34.7. The molecule has 2 fully saturated rings. The van der Waals surface area contributed by atoms with Gasteiger partial charge in [0, 0.05) is 98.9 Å². The SMILES string of the molecule is CCCN(CCOC)Cc1cccc([S+](c2ccccc2)c2ccccc2)c1.COCCN(CCOC)Cc1ccc([S+](c2ccccc2)c2ccccc2)cc1.c1ccc([S+](c2ccccc2)c2cccc(CN3CCOCC3)c2)cc1.c1ccc([S+](c2ccccc2)c2ccccc2CN2CCOCC2)cc1. The number of methoxy groups -OCH3 is 3. The van der Waals surface area contributed by atoms with Crippen molar-refractivity contribution in [2.24, 2.45) is 0 Å². The van der Waals surface area contributed by atoms with Crippen molar-refractivity contribution in [2.75, 3.05) is 120 Å². The van der Waals surface area contributed by atoms with E-state index in [1.807, 2.05) is 0 Å². The Morgan fingerprint density at radius 1 is 0.284 bits per heavy atom. The van der Waals surface area contributed by atoms with Gasteiger partial charge in [0.1, 0.15) is 0 Å². The van der Waals surface area contributed by atoms with Gasteiger partial charge in [-0.1, -0.05) is 207 Å². The zero-order valence-electron chi connectivity index (χ0n) is 63.9. The van der Waals surface area contributed by atoms with Crippen molar-refractivity contribution in [1.29, 1.82) is 0 Å². The minimum atomic E-state index is -0.0988. The van der Waals surface area contributed by atoms with Crippen LogP contribution >= 0.6 is 0 Å². The minimum Gasteiger partial charge on any atom is -0.383 e. The molecule has 0 radical (unpaired) electrons. The summed E-state index contributed by atoms with van der Waals surface area (Å²) in [5, 5.41) is 0. The molecule has 0 aromatic heterocycles. The van der Waals surface area contributed by atoms with Gasteiger partial charge in [-0.3, -0.25) is 19.6 Å². The Labute approximate surface area is 662 Å². The molecule has 0 aliphatic carbocycles. The Balaban J connectivity index is 0.000000144. The number of hydrogen-bond donors (Lipinski definition) is 0. The average molecular weight is 1530 g/mol. The maximum Gasteiger partial charge on any atom is 0.171 e. The van der Waals surface area contributed by atoms with Crippen molar-refractivity contribution in [2.45, 2.75) is 98.3 Å². The van der Waals surface area contributed by atoms with Crippen LogP contribution in [-0.2, 0) is 93.4 Å². The molecule has 0 N–H and O–H groups in total. The summed E-state index contributed by atoms with van der Waals surface area (Å²) in [6.07, 6.45) is 1.15. The monoisotopic (exact) mass is 1520 g/mol. The van der Waals surface area contributed by atoms with Crippen molar-refractivity contribution < 1.29 is 23.7 Å². The van der Waals surface area contributed by atoms with E-state index >= 15 is 0 Å². The Morgan fingerprint density at radius 3 is 0.954 bits per heavy atom. The van der Waals surface area contributed by atoms with Crippen LogP contribution in [0, 0.1) is 0 Å². The van der Waals surface area contributed by atoms with E-state index in [2.05, 4.69) is 366 Å². The molecule has 2 saturated heterocycles. The van der Waals surface area contributed by atoms with E-state index in [9.17, 15) is 0 Å². The van der Waals surface area contributed by atoms with Gasteiger partial charge in [0.2, 0.25) is 0 Å². The molecular formula is C96H108N4O5S4+4. The second-order valence-electron chi connectivity index (χ2n) is 26.6. The van der Waals surface area contributed by atoms with Crippen LogP contribution in [0.1, 0.15) is 35.6 Å². The molecule has 0 atom stereocenters. The second kappa shape index (κ2) is 46.4. The standard InChI is InChI=1S/C25H30NO2S.C25H30NOS.2C23H24NOS/c1-27-19-17-26(18-20-28-2)21-22-13-15-25(16-14-22)29(23-9-5-3-6-10-23)24-11-7-4-8-12-24;1-3-17-26(18-19-27-2)21-22-11-10-16-25(20-22)28(23-12-6-4-7-13-23)24-14-8-5-9-15-24;1-3-10-21(11-4-1)26(22-12-5-2-6-13-22)23-14-8-7-9-20(23)19-24-15-17-25-18-16-24;1-3-9-21(10-4-1)26(22-11-5-2-6-12-22)23-13-7-8-20(18-23)19-24-14-16-25-17-15-24/h3-16H,17-21H2,1-2H3;4-16,20H,3,17-19,21H2,1-2H3;1-14H,15-19H2;1-13,18H,14-17,19H2/q4*+1. The minimum absolute atomic E-state index is 0.0747. The number of benzene rings is 12. The van der Waals surface area contributed by atoms with Crippen molar-refractivity contribution in [3.8, 4) is 0 Å². The molecule has 12 aromatic carbocycles. The molecule has 14 rings (SSSR count). The first-order valence-electron chi connectivity index (χ1n) is 38.2. The van der Waals surface area contributed by atoms with Crippen molar-refractivity contribution in [3.63, 3.8) is 0 Å². The quantitative estimate of drug-likeness (QED) is 0.0396. The van der Waals surface area contributed by atoms with Gasteiger partial charge in [0.05, 0.1) is 89.8 Å². The summed E-state index contributed by atoms with van der Waals surface area (Å²) in [5.74, 6) is 0. The Morgan fingerprint density at radius 2 is 0.578 bits per heavy atom. The molecule has 2 heterocycles. The van der Waals surface area contributed by atoms with E-state index in [0.29, 0.717) is 0 Å². The topological polar surface area (TPSA) is 59.1 Å². The molecule has 0 saturated carbocycles. The van der Waals surface area contributed by atoms with Gasteiger partial charge in [-0.15, -0.1) is 0 Å². The van der Waals surface area contributed by atoms with Gasteiger partial charge in [0.25, 0.3) is 0 Å². The normalized spacial score (nSPS) is 13.2. The van der Waals surface area contributed by atoms with E-state index in [4.69, 9.17) is 23.7 Å². The highest BCUT2D eigenvalue weighted by Crippen LogP contribution is 2.37. The van der Waals surface area contributed by atoms with E-state index in [-0.39, 0.29) is 43.6 Å². The molecule has 2 aliphatic rings. The molecule has 12 aromatic rings. The zero-order valence-corrected chi connectivity index (χ0v) is 67.2. The van der Waals surface area contributed by atoms with Gasteiger partial charge in [0.15, 0.2) is 58.7 Å². The van der Waals surface area contributed by atoms with Gasteiger partial charge in [-0.25, -0.2) is 0 Å². The fourth-order valence-electron chi connectivity index (χ4n) is 13.2. The van der Waals surface area contributed by atoms with Crippen LogP contribution < -0.4 is 0 Å². The number of rotatable bonds is 31. The van der Waals surface area contributed by atoms with Crippen LogP contribution in [0.3, 0.4) is 0 Å². The molecule has 13 heteroatoms. The molecular weight excluding hydrogens is 1420 g/mol. The maximum absolute atomic E-state index is 5.51. The van der Waals surface area contributed by atoms with Gasteiger partial charge >= 0.3 is 0 Å². The summed E-state index contributed by atoms with van der Waals surface area (Å²) in [7, 11) is 4.92. The first kappa shape index (κ1) is 81.7. The van der Waals surface area contributed by atoms with E-state index in [1.54, 1.807) is 21.3 Å². The summed E-state index contributed by atoms with van der Waals surface area (Å²) in [6.45, 7) is 19.6. The summed E-state index contributed by atoms with van der Waals surface area (Å²) >= 11 is 0. The average Bonchev–Trinajstić information content (AvgIpc) is 0.815. The van der Waals surface area contributed by atoms with Crippen LogP contribution in [0.5, 0.6) is 0 Å². The molecule has 0 unspecified atom stereocenters. The second-order valence-corrected chi connectivity index (χ2v) is 34.7. The number of morpholine rings is 2. The van der Waals surface area contributed by atoms with Gasteiger partial charge in [-0.05, 0) is 169 Å². The van der Waals surface area contributed by atoms with Crippen LogP contribution in [-0.4, -0.2) is 140 Å². The highest BCUT2D eigenvalue weighted by Gasteiger charge is 2.34. The van der Waals surface area contributed by atoms with Crippen LogP contribution in [0.4, 0.5) is 0 Å². The molecule has 109 heavy (non-hydrogen) atoms. The van der Waals surface area contributed by atoms with Gasteiger partial charge in [-0.2, -0.15) is 0 Å². The summed E-state index contributed by atoms with van der Waals surface area (Å²) < 4.78 is 26.8. The number of hydrogen-bond acceptors (Lipinski definition) is 9. The molecule has 9 nitrogen and oxygen atoms in total. The highest BCUT2D eigenvalue weighted by molar-refractivity contribution is 7.98. The number of nitrogens with zero attached hydrogens (tertiary/aromatic N) is 4. The molecule has 562 valence electrons. The third-order valence-electron chi connectivity index (χ3n) is 18.6. The zero-order chi connectivity index (χ0) is 75.1. The van der Waals surface area contributed by atoms with Crippen LogP contribution in [0.15, 0.2) is 398 Å². The highest BCUT2D eigenvalue weighted by atomic mass is 32.2.